The molecule has 1 aromatic carbocycles. The number of amides is 2. The monoisotopic (exact) mass is 514 g/mol. The normalized spacial score (nSPS) is 20.3. The maximum atomic E-state index is 13.4. The number of β-lactam (4-membered cyclic amide) rings is 1. The molecule has 0 aliphatic carbocycles. The zero-order valence-electron chi connectivity index (χ0n) is 22.2. The lowest BCUT2D eigenvalue weighted by Crippen LogP contribution is -2.72. The fraction of sp³-hybridized carbons (Fsp3) is 0.519. The van der Waals surface area contributed by atoms with Crippen molar-refractivity contribution in [2.45, 2.75) is 83.6 Å². The Morgan fingerprint density at radius 1 is 0.946 bits per heavy atom. The van der Waals surface area contributed by atoms with E-state index in [9.17, 15) is 24.0 Å². The molecule has 0 radical (unpaired) electrons. The van der Waals surface area contributed by atoms with Gasteiger partial charge in [0.05, 0.1) is 18.7 Å². The average molecular weight is 515 g/mol. The van der Waals surface area contributed by atoms with Crippen LogP contribution in [0.1, 0.15) is 65.9 Å². The molecule has 1 N–H and O–H groups in total. The summed E-state index contributed by atoms with van der Waals surface area (Å²) in [5.74, 6) is -4.88. The van der Waals surface area contributed by atoms with Gasteiger partial charge in [-0.1, -0.05) is 30.3 Å². The van der Waals surface area contributed by atoms with E-state index in [1.807, 2.05) is 0 Å². The summed E-state index contributed by atoms with van der Waals surface area (Å²) in [6.07, 6.45) is 0.451. The molecule has 0 aromatic heterocycles. The Labute approximate surface area is 216 Å². The number of nitrogens with one attached hydrogen (secondary N) is 1. The lowest BCUT2D eigenvalue weighted by Gasteiger charge is -2.50. The summed E-state index contributed by atoms with van der Waals surface area (Å²) in [6, 6.07) is 6.84. The van der Waals surface area contributed by atoms with E-state index in [1.54, 1.807) is 71.9 Å². The smallest absolute Gasteiger partial charge is 0.356 e. The molecule has 10 nitrogen and oxygen atoms in total. The molecule has 0 spiro atoms. The molecule has 0 saturated carbocycles. The maximum absolute atomic E-state index is 13.4. The van der Waals surface area contributed by atoms with Crippen LogP contribution in [0.25, 0.3) is 0 Å². The van der Waals surface area contributed by atoms with Gasteiger partial charge in [0.25, 0.3) is 5.91 Å². The second kappa shape index (κ2) is 10.4. The lowest BCUT2D eigenvalue weighted by atomic mass is 9.83. The summed E-state index contributed by atoms with van der Waals surface area (Å²) >= 11 is 0. The van der Waals surface area contributed by atoms with Crippen LogP contribution in [0.4, 0.5) is 0 Å². The quantitative estimate of drug-likeness (QED) is 0.265. The van der Waals surface area contributed by atoms with E-state index in [-0.39, 0.29) is 17.7 Å². The standard InChI is InChI=1S/C27H34N2O8/c1-26(2,3)36-24(33)18(15-11-9-8-10-12-15)21(30)28-19-17-14-13-16(23(32)35-7)20(29(17)22(19)31)25(34)37-27(4,5)6/h8-12,17-19H,13-14H2,1-7H3,(H,28,30)/t17-,18?,19-/m0/s1. The molecule has 0 bridgehead atoms. The molecular weight excluding hydrogens is 480 g/mol. The summed E-state index contributed by atoms with van der Waals surface area (Å²) in [7, 11) is 1.19. The number of ether oxygens (including phenoxy) is 3. The second-order valence-corrected chi connectivity index (χ2v) is 11.0. The number of methoxy groups -OCH3 is 1. The number of nitrogens with zero attached hydrogens (tertiary/aromatic N) is 1. The Morgan fingerprint density at radius 2 is 1.54 bits per heavy atom. The summed E-state index contributed by atoms with van der Waals surface area (Å²) in [6.45, 7) is 10.1. The molecule has 1 aromatic rings. The Balaban J connectivity index is 1.87. The Hall–Kier alpha value is -3.69. The number of benzene rings is 1. The highest BCUT2D eigenvalue weighted by Gasteiger charge is 2.55. The summed E-state index contributed by atoms with van der Waals surface area (Å²) < 4.78 is 15.7. The minimum atomic E-state index is -1.29. The number of carbonyl (C=O) groups is 5. The van der Waals surface area contributed by atoms with Crippen LogP contribution in [0.2, 0.25) is 0 Å². The van der Waals surface area contributed by atoms with Gasteiger partial charge in [-0.3, -0.25) is 19.3 Å². The molecule has 200 valence electrons. The molecule has 2 aliphatic heterocycles. The zero-order valence-corrected chi connectivity index (χ0v) is 22.2. The first-order valence-corrected chi connectivity index (χ1v) is 12.1. The van der Waals surface area contributed by atoms with Gasteiger partial charge in [-0.2, -0.15) is 0 Å². The molecule has 2 heterocycles. The van der Waals surface area contributed by atoms with Crippen LogP contribution in [0, 0.1) is 0 Å². The summed E-state index contributed by atoms with van der Waals surface area (Å²) in [5, 5.41) is 2.67. The van der Waals surface area contributed by atoms with Crippen LogP contribution in [-0.4, -0.2) is 65.0 Å². The molecule has 2 aliphatic rings. The van der Waals surface area contributed by atoms with Gasteiger partial charge in [0.15, 0.2) is 5.92 Å². The number of esters is 3. The molecule has 1 saturated heterocycles. The Kier molecular flexibility index (Phi) is 7.80. The largest absolute Gasteiger partial charge is 0.466 e. The number of hydrogen-bond donors (Lipinski definition) is 1. The molecule has 37 heavy (non-hydrogen) atoms. The van der Waals surface area contributed by atoms with Gasteiger partial charge in [0.1, 0.15) is 22.9 Å². The fourth-order valence-electron chi connectivity index (χ4n) is 4.34. The van der Waals surface area contributed by atoms with Crippen molar-refractivity contribution in [3.05, 3.63) is 47.2 Å². The highest BCUT2D eigenvalue weighted by Crippen LogP contribution is 2.38. The van der Waals surface area contributed by atoms with E-state index in [4.69, 9.17) is 14.2 Å². The van der Waals surface area contributed by atoms with Crippen LogP contribution in [0.3, 0.4) is 0 Å². The van der Waals surface area contributed by atoms with Crippen molar-refractivity contribution in [2.75, 3.05) is 7.11 Å². The molecular formula is C27H34N2O8. The highest BCUT2D eigenvalue weighted by molar-refractivity contribution is 6.09. The predicted octanol–water partition coefficient (Wildman–Crippen LogP) is 2.37. The first-order valence-electron chi connectivity index (χ1n) is 12.1. The molecule has 10 heteroatoms. The van der Waals surface area contributed by atoms with Gasteiger partial charge in [0.2, 0.25) is 5.91 Å². The van der Waals surface area contributed by atoms with Gasteiger partial charge >= 0.3 is 17.9 Å². The van der Waals surface area contributed by atoms with Crippen LogP contribution in [0.5, 0.6) is 0 Å². The fourth-order valence-corrected chi connectivity index (χ4v) is 4.34. The van der Waals surface area contributed by atoms with E-state index in [0.717, 1.165) is 0 Å². The van der Waals surface area contributed by atoms with E-state index in [1.165, 1.54) is 12.0 Å². The Morgan fingerprint density at radius 3 is 2.08 bits per heavy atom. The van der Waals surface area contributed by atoms with Gasteiger partial charge in [-0.15, -0.1) is 0 Å². The van der Waals surface area contributed by atoms with Crippen LogP contribution < -0.4 is 5.32 Å². The number of fused-ring (bicyclic) bond motifs is 1. The predicted molar refractivity (Wildman–Crippen MR) is 132 cm³/mol. The summed E-state index contributed by atoms with van der Waals surface area (Å²) in [5.41, 5.74) is -1.41. The average Bonchev–Trinajstić information content (AvgIpc) is 2.79. The van der Waals surface area contributed by atoms with E-state index < -0.39 is 58.9 Å². The third-order valence-electron chi connectivity index (χ3n) is 5.80. The minimum absolute atomic E-state index is 0.0436. The topological polar surface area (TPSA) is 128 Å². The molecule has 3 atom stereocenters. The van der Waals surface area contributed by atoms with E-state index in [2.05, 4.69) is 5.32 Å². The van der Waals surface area contributed by atoms with Gasteiger partial charge < -0.3 is 19.5 Å². The Bertz CT molecular complexity index is 1130. The molecule has 2 amide bonds. The first kappa shape index (κ1) is 27.9. The lowest BCUT2D eigenvalue weighted by molar-refractivity contribution is -0.164. The minimum Gasteiger partial charge on any atom is -0.466 e. The van der Waals surface area contributed by atoms with Crippen LogP contribution in [0.15, 0.2) is 41.6 Å². The highest BCUT2D eigenvalue weighted by atomic mass is 16.6. The van der Waals surface area contributed by atoms with Crippen molar-refractivity contribution in [3.63, 3.8) is 0 Å². The van der Waals surface area contributed by atoms with Crippen molar-refractivity contribution in [2.24, 2.45) is 0 Å². The second-order valence-electron chi connectivity index (χ2n) is 11.0. The molecule has 3 rings (SSSR count). The maximum Gasteiger partial charge on any atom is 0.356 e. The molecule has 1 fully saturated rings. The van der Waals surface area contributed by atoms with Crippen molar-refractivity contribution in [1.82, 2.24) is 10.2 Å². The third-order valence-corrected chi connectivity index (χ3v) is 5.80. The van der Waals surface area contributed by atoms with Crippen molar-refractivity contribution >= 4 is 29.7 Å². The van der Waals surface area contributed by atoms with Crippen molar-refractivity contribution in [1.29, 1.82) is 0 Å². The van der Waals surface area contributed by atoms with E-state index >= 15 is 0 Å². The number of hydrogen-bond acceptors (Lipinski definition) is 8. The van der Waals surface area contributed by atoms with Crippen LogP contribution in [-0.2, 0) is 38.2 Å². The van der Waals surface area contributed by atoms with Crippen molar-refractivity contribution in [3.8, 4) is 0 Å². The first-order chi connectivity index (χ1) is 17.1. The summed E-state index contributed by atoms with van der Waals surface area (Å²) in [4.78, 5) is 66.1. The van der Waals surface area contributed by atoms with Gasteiger partial charge in [-0.25, -0.2) is 9.59 Å². The van der Waals surface area contributed by atoms with Gasteiger partial charge in [0, 0.05) is 0 Å². The van der Waals surface area contributed by atoms with E-state index in [0.29, 0.717) is 12.0 Å². The SMILES string of the molecule is COC(=O)C1=C(C(=O)OC(C)(C)C)N2C(=O)[C@@H](NC(=O)C(C(=O)OC(C)(C)C)c3ccccc3)[C@@H]2CC1. The van der Waals surface area contributed by atoms with Crippen molar-refractivity contribution < 1.29 is 38.2 Å². The number of rotatable bonds is 6. The zero-order chi connectivity index (χ0) is 27.7. The van der Waals surface area contributed by atoms with Crippen LogP contribution >= 0.6 is 0 Å². The molecule has 1 unspecified atom stereocenters. The van der Waals surface area contributed by atoms with Gasteiger partial charge in [-0.05, 0) is 59.9 Å². The third kappa shape index (κ3) is 6.18. The number of carbonyl (C=O) groups excluding carboxylic acids is 5.